The van der Waals surface area contributed by atoms with Crippen LogP contribution in [0.1, 0.15) is 5.01 Å². The minimum absolute atomic E-state index is 0.309. The van der Waals surface area contributed by atoms with Crippen LogP contribution in [0.25, 0.3) is 10.8 Å². The summed E-state index contributed by atoms with van der Waals surface area (Å²) in [6, 6.07) is 12.9. The number of benzene rings is 2. The summed E-state index contributed by atoms with van der Waals surface area (Å²) >= 11 is 2.97. The van der Waals surface area contributed by atoms with Gasteiger partial charge in [-0.3, -0.25) is 0 Å². The fourth-order valence-corrected chi connectivity index (χ4v) is 4.87. The molecule has 3 aromatic rings. The van der Waals surface area contributed by atoms with Gasteiger partial charge in [0.2, 0.25) is 0 Å². The maximum absolute atomic E-state index is 12.4. The van der Waals surface area contributed by atoms with E-state index in [1.54, 1.807) is 18.2 Å². The molecule has 0 unspecified atom stereocenters. The summed E-state index contributed by atoms with van der Waals surface area (Å²) < 4.78 is 25.6. The SMILES string of the molecule is Cc1nnc(SCC=CS(=O)(=O)c2ccc3ccccc3c2)s1. The Balaban J connectivity index is 1.73. The highest BCUT2D eigenvalue weighted by molar-refractivity contribution is 8.01. The topological polar surface area (TPSA) is 59.9 Å². The first-order valence-corrected chi connectivity index (χ1v) is 10.2. The first-order valence-electron chi connectivity index (χ1n) is 6.88. The van der Waals surface area contributed by atoms with Crippen LogP contribution in [0.2, 0.25) is 0 Å². The van der Waals surface area contributed by atoms with E-state index in [0.29, 0.717) is 10.6 Å². The van der Waals surface area contributed by atoms with Crippen molar-refractivity contribution >= 4 is 43.7 Å². The minimum Gasteiger partial charge on any atom is -0.219 e. The first-order chi connectivity index (χ1) is 11.0. The minimum atomic E-state index is -3.43. The van der Waals surface area contributed by atoms with Gasteiger partial charge in [0.1, 0.15) is 5.01 Å². The summed E-state index contributed by atoms with van der Waals surface area (Å²) in [5.74, 6) is 0.543. The normalized spacial score (nSPS) is 12.2. The van der Waals surface area contributed by atoms with Crippen LogP contribution in [0.4, 0.5) is 0 Å². The lowest BCUT2D eigenvalue weighted by Gasteiger charge is -2.02. The van der Waals surface area contributed by atoms with Crippen molar-refractivity contribution in [3.8, 4) is 0 Å². The molecule has 0 aliphatic rings. The third-order valence-corrected chi connectivity index (χ3v) is 6.52. The van der Waals surface area contributed by atoms with Crippen LogP contribution >= 0.6 is 23.1 Å². The summed E-state index contributed by atoms with van der Waals surface area (Å²) in [6.45, 7) is 1.89. The molecular weight excluding hydrogens is 348 g/mol. The molecule has 0 spiro atoms. The number of hydrogen-bond acceptors (Lipinski definition) is 6. The molecule has 0 atom stereocenters. The van der Waals surface area contributed by atoms with Crippen LogP contribution < -0.4 is 0 Å². The van der Waals surface area contributed by atoms with Crippen molar-refractivity contribution in [2.24, 2.45) is 0 Å². The van der Waals surface area contributed by atoms with Crippen LogP contribution in [0.15, 0.2) is 63.2 Å². The van der Waals surface area contributed by atoms with E-state index in [0.717, 1.165) is 20.1 Å². The van der Waals surface area contributed by atoms with Crippen molar-refractivity contribution in [2.75, 3.05) is 5.75 Å². The molecule has 0 bridgehead atoms. The molecular formula is C16H14N2O2S3. The molecule has 23 heavy (non-hydrogen) atoms. The van der Waals surface area contributed by atoms with Crippen LogP contribution in [-0.4, -0.2) is 24.4 Å². The monoisotopic (exact) mass is 362 g/mol. The number of thioether (sulfide) groups is 1. The lowest BCUT2D eigenvalue weighted by atomic mass is 10.1. The van der Waals surface area contributed by atoms with E-state index in [1.165, 1.54) is 28.5 Å². The van der Waals surface area contributed by atoms with Crippen molar-refractivity contribution in [3.63, 3.8) is 0 Å². The standard InChI is InChI=1S/C16H14N2O2S3/c1-12-17-18-16(22-12)21-9-4-10-23(19,20)15-8-7-13-5-2-3-6-14(13)11-15/h2-8,10-11H,9H2,1H3. The molecule has 0 saturated carbocycles. The molecule has 0 fully saturated rings. The van der Waals surface area contributed by atoms with E-state index in [4.69, 9.17) is 0 Å². The van der Waals surface area contributed by atoms with Crippen molar-refractivity contribution < 1.29 is 8.42 Å². The molecule has 4 nitrogen and oxygen atoms in total. The smallest absolute Gasteiger partial charge is 0.199 e. The van der Waals surface area contributed by atoms with Gasteiger partial charge < -0.3 is 0 Å². The second-order valence-electron chi connectivity index (χ2n) is 4.82. The maximum Gasteiger partial charge on any atom is 0.199 e. The summed E-state index contributed by atoms with van der Waals surface area (Å²) in [5, 5.41) is 12.0. The lowest BCUT2D eigenvalue weighted by Crippen LogP contribution is -1.96. The first kappa shape index (κ1) is 16.2. The molecule has 7 heteroatoms. The van der Waals surface area contributed by atoms with Gasteiger partial charge in [-0.05, 0) is 29.8 Å². The quantitative estimate of drug-likeness (QED) is 0.640. The number of nitrogens with zero attached hydrogens (tertiary/aromatic N) is 2. The van der Waals surface area contributed by atoms with Crippen molar-refractivity contribution in [2.45, 2.75) is 16.2 Å². The average molecular weight is 363 g/mol. The summed E-state index contributed by atoms with van der Waals surface area (Å²) in [7, 11) is -3.43. The van der Waals surface area contributed by atoms with Gasteiger partial charge in [-0.2, -0.15) is 0 Å². The Morgan fingerprint density at radius 3 is 2.65 bits per heavy atom. The summed E-state index contributed by atoms with van der Waals surface area (Å²) in [6.07, 6.45) is 1.64. The molecule has 0 amide bonds. The van der Waals surface area contributed by atoms with E-state index in [9.17, 15) is 8.42 Å². The van der Waals surface area contributed by atoms with E-state index in [-0.39, 0.29) is 0 Å². The van der Waals surface area contributed by atoms with Gasteiger partial charge in [-0.1, -0.05) is 59.5 Å². The summed E-state index contributed by atoms with van der Waals surface area (Å²) in [4.78, 5) is 0.309. The van der Waals surface area contributed by atoms with Gasteiger partial charge in [-0.25, -0.2) is 8.42 Å². The van der Waals surface area contributed by atoms with Crippen LogP contribution in [0.5, 0.6) is 0 Å². The molecule has 0 aliphatic carbocycles. The number of hydrogen-bond donors (Lipinski definition) is 0. The largest absolute Gasteiger partial charge is 0.219 e. The Labute approximate surface area is 143 Å². The number of aromatic nitrogens is 2. The van der Waals surface area contributed by atoms with Crippen molar-refractivity contribution in [1.29, 1.82) is 0 Å². The van der Waals surface area contributed by atoms with Crippen molar-refractivity contribution in [3.05, 3.63) is 59.0 Å². The zero-order valence-electron chi connectivity index (χ0n) is 12.3. The molecule has 0 aliphatic heterocycles. The number of aryl methyl sites for hydroxylation is 1. The van der Waals surface area contributed by atoms with Crippen molar-refractivity contribution in [1.82, 2.24) is 10.2 Å². The van der Waals surface area contributed by atoms with Gasteiger partial charge >= 0.3 is 0 Å². The number of fused-ring (bicyclic) bond motifs is 1. The maximum atomic E-state index is 12.4. The van der Waals surface area contributed by atoms with Gasteiger partial charge in [0.05, 0.1) is 4.90 Å². The van der Waals surface area contributed by atoms with Gasteiger partial charge in [-0.15, -0.1) is 10.2 Å². The Hall–Kier alpha value is -1.70. The molecule has 118 valence electrons. The highest BCUT2D eigenvalue weighted by atomic mass is 32.2. The Morgan fingerprint density at radius 2 is 1.91 bits per heavy atom. The zero-order chi connectivity index (χ0) is 16.3. The van der Waals surface area contributed by atoms with Crippen LogP contribution in [0.3, 0.4) is 0 Å². The van der Waals surface area contributed by atoms with Gasteiger partial charge in [0.25, 0.3) is 0 Å². The predicted octanol–water partition coefficient (Wildman–Crippen LogP) is 4.08. The number of sulfone groups is 1. The van der Waals surface area contributed by atoms with E-state index in [2.05, 4.69) is 10.2 Å². The van der Waals surface area contributed by atoms with Crippen LogP contribution in [0, 0.1) is 6.92 Å². The van der Waals surface area contributed by atoms with E-state index < -0.39 is 9.84 Å². The third kappa shape index (κ3) is 3.99. The molecule has 3 rings (SSSR count). The second kappa shape index (κ2) is 6.82. The zero-order valence-corrected chi connectivity index (χ0v) is 14.8. The second-order valence-corrected chi connectivity index (χ2v) is 9.11. The Morgan fingerprint density at radius 1 is 1.13 bits per heavy atom. The fourth-order valence-electron chi connectivity index (χ4n) is 2.05. The molecule has 2 aromatic carbocycles. The Bertz CT molecular complexity index is 962. The molecule has 0 radical (unpaired) electrons. The molecule has 0 saturated heterocycles. The van der Waals surface area contributed by atoms with E-state index in [1.807, 2.05) is 37.3 Å². The fraction of sp³-hybridized carbons (Fsp3) is 0.125. The third-order valence-electron chi connectivity index (χ3n) is 3.14. The summed E-state index contributed by atoms with van der Waals surface area (Å²) in [5.41, 5.74) is 0. The Kier molecular flexibility index (Phi) is 4.79. The van der Waals surface area contributed by atoms with Gasteiger partial charge in [0, 0.05) is 11.2 Å². The predicted molar refractivity (Wildman–Crippen MR) is 95.6 cm³/mol. The highest BCUT2D eigenvalue weighted by Crippen LogP contribution is 2.23. The molecule has 0 N–H and O–H groups in total. The van der Waals surface area contributed by atoms with Gasteiger partial charge in [0.15, 0.2) is 14.2 Å². The van der Waals surface area contributed by atoms with Crippen LogP contribution in [-0.2, 0) is 9.84 Å². The van der Waals surface area contributed by atoms with E-state index >= 15 is 0 Å². The lowest BCUT2D eigenvalue weighted by molar-refractivity contribution is 0.604. The molecule has 1 heterocycles. The molecule has 1 aromatic heterocycles. The average Bonchev–Trinajstić information content (AvgIpc) is 2.96. The highest BCUT2D eigenvalue weighted by Gasteiger charge is 2.10. The number of rotatable bonds is 5.